The lowest BCUT2D eigenvalue weighted by Crippen LogP contribution is -2.53. The van der Waals surface area contributed by atoms with Crippen molar-refractivity contribution in [3.63, 3.8) is 0 Å². The van der Waals surface area contributed by atoms with E-state index in [1.165, 1.54) is 0 Å². The molecule has 136 valence electrons. The van der Waals surface area contributed by atoms with Gasteiger partial charge in [-0.1, -0.05) is 31.6 Å². The summed E-state index contributed by atoms with van der Waals surface area (Å²) in [7, 11) is 0. The standard InChI is InChI=1S/C14H22F3N5OS/c1-3-5-10(4-2)18-12(23)21-6-8-22(9-7-21)13-20-19-11(24-13)14(15,16)17/h10H,3-9H2,1-2H3,(H,18,23). The Balaban J connectivity index is 1.87. The maximum absolute atomic E-state index is 12.6. The number of hydrogen-bond acceptors (Lipinski definition) is 5. The van der Waals surface area contributed by atoms with Crippen molar-refractivity contribution in [1.82, 2.24) is 20.4 Å². The van der Waals surface area contributed by atoms with Crippen molar-refractivity contribution >= 4 is 22.5 Å². The van der Waals surface area contributed by atoms with Gasteiger partial charge in [-0.3, -0.25) is 0 Å². The Morgan fingerprint density at radius 3 is 2.42 bits per heavy atom. The number of amides is 2. The first-order valence-electron chi connectivity index (χ1n) is 8.06. The monoisotopic (exact) mass is 365 g/mol. The average Bonchev–Trinajstić information content (AvgIpc) is 3.04. The lowest BCUT2D eigenvalue weighted by atomic mass is 10.1. The molecule has 2 heterocycles. The molecular formula is C14H22F3N5OS. The fourth-order valence-electron chi connectivity index (χ4n) is 2.55. The van der Waals surface area contributed by atoms with E-state index in [0.29, 0.717) is 37.5 Å². The van der Waals surface area contributed by atoms with E-state index in [-0.39, 0.29) is 17.2 Å². The Morgan fingerprint density at radius 2 is 1.92 bits per heavy atom. The summed E-state index contributed by atoms with van der Waals surface area (Å²) in [5, 5.41) is 9.13. The van der Waals surface area contributed by atoms with Gasteiger partial charge in [0, 0.05) is 32.2 Å². The minimum absolute atomic E-state index is 0.108. The Kier molecular flexibility index (Phi) is 6.25. The molecule has 1 aromatic rings. The lowest BCUT2D eigenvalue weighted by Gasteiger charge is -2.35. The van der Waals surface area contributed by atoms with Gasteiger partial charge in [0.25, 0.3) is 0 Å². The van der Waals surface area contributed by atoms with Crippen LogP contribution in [0.15, 0.2) is 0 Å². The van der Waals surface area contributed by atoms with Gasteiger partial charge in [0.1, 0.15) is 0 Å². The smallest absolute Gasteiger partial charge is 0.343 e. The Morgan fingerprint density at radius 1 is 1.25 bits per heavy atom. The largest absolute Gasteiger partial charge is 0.445 e. The summed E-state index contributed by atoms with van der Waals surface area (Å²) in [4.78, 5) is 15.7. The minimum atomic E-state index is -4.47. The van der Waals surface area contributed by atoms with Gasteiger partial charge in [0.05, 0.1) is 0 Å². The predicted octanol–water partition coefficient (Wildman–Crippen LogP) is 2.97. The van der Waals surface area contributed by atoms with E-state index in [1.54, 1.807) is 9.80 Å². The molecule has 1 saturated heterocycles. The Hall–Kier alpha value is -1.58. The number of halogens is 3. The maximum atomic E-state index is 12.6. The van der Waals surface area contributed by atoms with Crippen LogP contribution in [0.4, 0.5) is 23.1 Å². The van der Waals surface area contributed by atoms with Gasteiger partial charge in [-0.05, 0) is 12.8 Å². The van der Waals surface area contributed by atoms with Crippen LogP contribution in [-0.2, 0) is 6.18 Å². The molecule has 1 aliphatic heterocycles. The molecule has 1 aromatic heterocycles. The molecular weight excluding hydrogens is 343 g/mol. The number of alkyl halides is 3. The quantitative estimate of drug-likeness (QED) is 0.871. The number of hydrogen-bond donors (Lipinski definition) is 1. The number of piperazine rings is 1. The summed E-state index contributed by atoms with van der Waals surface area (Å²) in [5.74, 6) is 0. The van der Waals surface area contributed by atoms with Crippen LogP contribution in [0.3, 0.4) is 0 Å². The van der Waals surface area contributed by atoms with E-state index >= 15 is 0 Å². The molecule has 6 nitrogen and oxygen atoms in total. The fourth-order valence-corrected chi connectivity index (χ4v) is 3.32. The molecule has 0 aromatic carbocycles. The van der Waals surface area contributed by atoms with Crippen molar-refractivity contribution < 1.29 is 18.0 Å². The second kappa shape index (κ2) is 8.00. The molecule has 24 heavy (non-hydrogen) atoms. The van der Waals surface area contributed by atoms with Crippen molar-refractivity contribution in [1.29, 1.82) is 0 Å². The Labute approximate surface area is 143 Å². The topological polar surface area (TPSA) is 61.4 Å². The first-order chi connectivity index (χ1) is 11.3. The van der Waals surface area contributed by atoms with E-state index in [4.69, 9.17) is 0 Å². The third-order valence-electron chi connectivity index (χ3n) is 3.95. The highest BCUT2D eigenvalue weighted by Crippen LogP contribution is 2.34. The highest BCUT2D eigenvalue weighted by atomic mass is 32.1. The zero-order valence-corrected chi connectivity index (χ0v) is 14.6. The summed E-state index contributed by atoms with van der Waals surface area (Å²) in [6.07, 6.45) is -1.64. The second-order valence-electron chi connectivity index (χ2n) is 5.70. The van der Waals surface area contributed by atoms with E-state index < -0.39 is 11.2 Å². The van der Waals surface area contributed by atoms with Crippen molar-refractivity contribution in [2.45, 2.75) is 45.3 Å². The first kappa shape index (κ1) is 18.8. The van der Waals surface area contributed by atoms with E-state index in [2.05, 4.69) is 22.4 Å². The fraction of sp³-hybridized carbons (Fsp3) is 0.786. The summed E-state index contributed by atoms with van der Waals surface area (Å²) >= 11 is 0.536. The van der Waals surface area contributed by atoms with Crippen LogP contribution < -0.4 is 10.2 Å². The van der Waals surface area contributed by atoms with Crippen LogP contribution in [0, 0.1) is 0 Å². The van der Waals surface area contributed by atoms with Gasteiger partial charge in [-0.2, -0.15) is 13.2 Å². The molecule has 0 aliphatic carbocycles. The zero-order valence-electron chi connectivity index (χ0n) is 13.8. The number of carbonyl (C=O) groups is 1. The normalized spacial score (nSPS) is 17.0. The number of nitrogens with one attached hydrogen (secondary N) is 1. The van der Waals surface area contributed by atoms with Gasteiger partial charge >= 0.3 is 12.2 Å². The SMILES string of the molecule is CCCC(CC)NC(=O)N1CCN(c2nnc(C(F)(F)F)s2)CC1. The number of aromatic nitrogens is 2. The van der Waals surface area contributed by atoms with Crippen molar-refractivity contribution in [3.05, 3.63) is 5.01 Å². The molecule has 10 heteroatoms. The number of nitrogens with zero attached hydrogens (tertiary/aromatic N) is 4. The molecule has 1 aliphatic rings. The summed E-state index contributed by atoms with van der Waals surface area (Å²) in [6, 6.07) is 0.0567. The van der Waals surface area contributed by atoms with Gasteiger partial charge in [0.2, 0.25) is 10.1 Å². The third-order valence-corrected chi connectivity index (χ3v) is 4.98. The molecule has 0 saturated carbocycles. The minimum Gasteiger partial charge on any atom is -0.343 e. The van der Waals surface area contributed by atoms with Crippen LogP contribution in [0.25, 0.3) is 0 Å². The molecule has 2 rings (SSSR count). The first-order valence-corrected chi connectivity index (χ1v) is 8.87. The lowest BCUT2D eigenvalue weighted by molar-refractivity contribution is -0.138. The molecule has 2 amide bonds. The molecule has 1 N–H and O–H groups in total. The summed E-state index contributed by atoms with van der Waals surface area (Å²) < 4.78 is 37.7. The Bertz CT molecular complexity index is 543. The number of urea groups is 1. The molecule has 0 radical (unpaired) electrons. The van der Waals surface area contributed by atoms with Crippen LogP contribution in [0.1, 0.15) is 38.1 Å². The maximum Gasteiger partial charge on any atom is 0.445 e. The van der Waals surface area contributed by atoms with Gasteiger partial charge < -0.3 is 15.1 Å². The third kappa shape index (κ3) is 4.71. The van der Waals surface area contributed by atoms with E-state index in [0.717, 1.165) is 19.3 Å². The highest BCUT2D eigenvalue weighted by molar-refractivity contribution is 7.15. The van der Waals surface area contributed by atoms with Crippen molar-refractivity contribution in [3.8, 4) is 0 Å². The molecule has 1 unspecified atom stereocenters. The zero-order chi connectivity index (χ0) is 17.7. The van der Waals surface area contributed by atoms with Crippen LogP contribution >= 0.6 is 11.3 Å². The van der Waals surface area contributed by atoms with Crippen LogP contribution in [0.5, 0.6) is 0 Å². The number of rotatable bonds is 5. The second-order valence-corrected chi connectivity index (χ2v) is 6.66. The van der Waals surface area contributed by atoms with Crippen LogP contribution in [0.2, 0.25) is 0 Å². The predicted molar refractivity (Wildman–Crippen MR) is 86.2 cm³/mol. The molecule has 0 spiro atoms. The molecule has 0 bridgehead atoms. The van der Waals surface area contributed by atoms with Crippen LogP contribution in [-0.4, -0.2) is 53.3 Å². The highest BCUT2D eigenvalue weighted by Gasteiger charge is 2.36. The summed E-state index contributed by atoms with van der Waals surface area (Å²) in [6.45, 7) is 5.91. The van der Waals surface area contributed by atoms with E-state index in [9.17, 15) is 18.0 Å². The van der Waals surface area contributed by atoms with E-state index in [1.807, 2.05) is 6.92 Å². The number of carbonyl (C=O) groups excluding carboxylic acids is 1. The molecule has 1 atom stereocenters. The van der Waals surface area contributed by atoms with Gasteiger partial charge in [-0.25, -0.2) is 4.79 Å². The number of anilines is 1. The van der Waals surface area contributed by atoms with Crippen molar-refractivity contribution in [2.75, 3.05) is 31.1 Å². The van der Waals surface area contributed by atoms with Crippen molar-refractivity contribution in [2.24, 2.45) is 0 Å². The molecule has 1 fully saturated rings. The van der Waals surface area contributed by atoms with Gasteiger partial charge in [0.15, 0.2) is 0 Å². The summed E-state index contributed by atoms with van der Waals surface area (Å²) in [5.41, 5.74) is 0. The average molecular weight is 365 g/mol. The van der Waals surface area contributed by atoms with Gasteiger partial charge in [-0.15, -0.1) is 10.2 Å².